The van der Waals surface area contributed by atoms with Crippen LogP contribution < -0.4 is 10.2 Å². The maximum absolute atomic E-state index is 13.9. The van der Waals surface area contributed by atoms with Gasteiger partial charge in [-0.3, -0.25) is 4.79 Å². The third-order valence-corrected chi connectivity index (χ3v) is 7.24. The van der Waals surface area contributed by atoms with Gasteiger partial charge in [-0.05, 0) is 61.9 Å². The lowest BCUT2D eigenvalue weighted by molar-refractivity contribution is -0.0102. The smallest absolute Gasteiger partial charge is 0.259 e. The van der Waals surface area contributed by atoms with E-state index in [1.165, 1.54) is 12.3 Å². The van der Waals surface area contributed by atoms with E-state index in [-0.39, 0.29) is 25.3 Å². The molecule has 0 saturated carbocycles. The molecule has 1 aromatic heterocycles. The zero-order chi connectivity index (χ0) is 22.9. The van der Waals surface area contributed by atoms with Crippen LogP contribution in [0.5, 0.6) is 0 Å². The number of hydrogen-bond donors (Lipinski definition) is 2. The highest BCUT2D eigenvalue weighted by Gasteiger charge is 2.33. The van der Waals surface area contributed by atoms with Gasteiger partial charge in [0.25, 0.3) is 5.91 Å². The summed E-state index contributed by atoms with van der Waals surface area (Å²) in [5.41, 5.74) is 2.77. The van der Waals surface area contributed by atoms with Crippen molar-refractivity contribution in [2.75, 3.05) is 29.6 Å². The number of fused-ring (bicyclic) bond motifs is 1. The number of nitrogens with one attached hydrogen (secondary N) is 2. The summed E-state index contributed by atoms with van der Waals surface area (Å²) >= 11 is 0. The van der Waals surface area contributed by atoms with E-state index in [0.29, 0.717) is 34.9 Å². The fourth-order valence-corrected chi connectivity index (χ4v) is 5.01. The lowest BCUT2D eigenvalue weighted by atomic mass is 9.94. The molecule has 9 heteroatoms. The molecule has 1 fully saturated rings. The highest BCUT2D eigenvalue weighted by Crippen LogP contribution is 2.33. The third kappa shape index (κ3) is 5.09. The summed E-state index contributed by atoms with van der Waals surface area (Å²) in [6.45, 7) is 0.569. The van der Waals surface area contributed by atoms with Crippen molar-refractivity contribution < 1.29 is 17.8 Å². The Morgan fingerprint density at radius 1 is 1.16 bits per heavy atom. The van der Waals surface area contributed by atoms with Crippen molar-refractivity contribution in [3.8, 4) is 0 Å². The summed E-state index contributed by atoms with van der Waals surface area (Å²) in [6, 6.07) is 8.29. The van der Waals surface area contributed by atoms with E-state index in [1.54, 1.807) is 18.2 Å². The van der Waals surface area contributed by atoms with Gasteiger partial charge in [0.2, 0.25) is 5.92 Å². The Labute approximate surface area is 187 Å². The molecule has 2 aromatic rings. The Bertz CT molecular complexity index is 1130. The van der Waals surface area contributed by atoms with Gasteiger partial charge in [0, 0.05) is 48.5 Å². The van der Waals surface area contributed by atoms with Gasteiger partial charge in [-0.2, -0.15) is 0 Å². The van der Waals surface area contributed by atoms with Crippen LogP contribution >= 0.6 is 0 Å². The average molecular weight is 463 g/mol. The number of rotatable bonds is 4. The molecule has 2 aliphatic rings. The van der Waals surface area contributed by atoms with Crippen molar-refractivity contribution >= 4 is 27.1 Å². The zero-order valence-electron chi connectivity index (χ0n) is 18.1. The molecule has 0 radical (unpaired) electrons. The predicted molar refractivity (Wildman–Crippen MR) is 121 cm³/mol. The molecule has 1 aliphatic heterocycles. The standard InChI is InChI=1S/C23H28F2N4O2S/c1-32(26,31)18-8-4-7-17(15-18)27-22(30)19-14-16-6-2-3-9-20(16)28-21(19)29-12-5-10-23(24,25)11-13-29/h4,7-8,14-15,26H,2-3,5-6,9-13H2,1H3,(H,27,30). The van der Waals surface area contributed by atoms with Gasteiger partial charge < -0.3 is 10.2 Å². The summed E-state index contributed by atoms with van der Waals surface area (Å²) in [4.78, 5) is 20.2. The average Bonchev–Trinajstić information content (AvgIpc) is 2.92. The van der Waals surface area contributed by atoms with Gasteiger partial charge >= 0.3 is 0 Å². The molecule has 2 N–H and O–H groups in total. The highest BCUT2D eigenvalue weighted by molar-refractivity contribution is 7.91. The lowest BCUT2D eigenvalue weighted by Gasteiger charge is -2.27. The highest BCUT2D eigenvalue weighted by atomic mass is 32.2. The molecule has 0 spiro atoms. The molecular formula is C23H28F2N4O2S. The van der Waals surface area contributed by atoms with E-state index in [0.717, 1.165) is 36.9 Å². The molecule has 6 nitrogen and oxygen atoms in total. The fourth-order valence-electron chi connectivity index (χ4n) is 4.32. The summed E-state index contributed by atoms with van der Waals surface area (Å²) < 4.78 is 47.7. The minimum Gasteiger partial charge on any atom is -0.356 e. The molecule has 1 atom stereocenters. The van der Waals surface area contributed by atoms with Crippen LogP contribution in [0.3, 0.4) is 0 Å². The van der Waals surface area contributed by atoms with E-state index in [9.17, 15) is 17.8 Å². The summed E-state index contributed by atoms with van der Waals surface area (Å²) in [6.07, 6.45) is 4.96. The maximum atomic E-state index is 13.9. The number of alkyl halides is 2. The molecule has 1 unspecified atom stereocenters. The van der Waals surface area contributed by atoms with Gasteiger partial charge in [0.1, 0.15) is 5.82 Å². The first-order chi connectivity index (χ1) is 15.1. The molecular weight excluding hydrogens is 434 g/mol. The number of pyridine rings is 1. The molecule has 1 saturated heterocycles. The Hall–Kier alpha value is -2.55. The van der Waals surface area contributed by atoms with Crippen LogP contribution in [0, 0.1) is 4.78 Å². The molecule has 1 aliphatic carbocycles. The number of benzene rings is 1. The largest absolute Gasteiger partial charge is 0.356 e. The Morgan fingerprint density at radius 2 is 1.94 bits per heavy atom. The second-order valence-corrected chi connectivity index (χ2v) is 10.9. The van der Waals surface area contributed by atoms with E-state index in [1.807, 2.05) is 11.0 Å². The number of aryl methyl sites for hydroxylation is 2. The van der Waals surface area contributed by atoms with Crippen LogP contribution in [-0.2, 0) is 22.6 Å². The number of amides is 1. The van der Waals surface area contributed by atoms with Crippen LogP contribution in [0.1, 0.15) is 53.7 Å². The lowest BCUT2D eigenvalue weighted by Crippen LogP contribution is -2.30. The number of carbonyl (C=O) groups excluding carboxylic acids is 1. The van der Waals surface area contributed by atoms with Crippen molar-refractivity contribution in [3.63, 3.8) is 0 Å². The van der Waals surface area contributed by atoms with Crippen molar-refractivity contribution in [2.45, 2.75) is 55.8 Å². The number of anilines is 2. The van der Waals surface area contributed by atoms with Gasteiger partial charge in [-0.1, -0.05) is 6.07 Å². The van der Waals surface area contributed by atoms with E-state index >= 15 is 0 Å². The topological polar surface area (TPSA) is 86.2 Å². The van der Waals surface area contributed by atoms with Gasteiger partial charge in [-0.15, -0.1) is 0 Å². The Morgan fingerprint density at radius 3 is 2.72 bits per heavy atom. The number of carbonyl (C=O) groups is 1. The number of hydrogen-bond acceptors (Lipinski definition) is 5. The van der Waals surface area contributed by atoms with E-state index < -0.39 is 15.7 Å². The molecule has 32 heavy (non-hydrogen) atoms. The fraction of sp³-hybridized carbons (Fsp3) is 0.478. The predicted octanol–water partition coefficient (Wildman–Crippen LogP) is 4.87. The second-order valence-electron chi connectivity index (χ2n) is 8.69. The second kappa shape index (κ2) is 8.77. The van der Waals surface area contributed by atoms with E-state index in [4.69, 9.17) is 9.76 Å². The monoisotopic (exact) mass is 462 g/mol. The molecule has 1 aromatic carbocycles. The van der Waals surface area contributed by atoms with Crippen molar-refractivity contribution in [3.05, 3.63) is 47.2 Å². The van der Waals surface area contributed by atoms with Crippen molar-refractivity contribution in [1.29, 1.82) is 4.78 Å². The molecule has 1 amide bonds. The maximum Gasteiger partial charge on any atom is 0.259 e. The molecule has 172 valence electrons. The molecule has 0 bridgehead atoms. The van der Waals surface area contributed by atoms with Crippen LogP contribution in [0.2, 0.25) is 0 Å². The van der Waals surface area contributed by atoms with Gasteiger partial charge in [0.15, 0.2) is 0 Å². The van der Waals surface area contributed by atoms with Crippen LogP contribution in [0.15, 0.2) is 35.2 Å². The third-order valence-electron chi connectivity index (χ3n) is 6.08. The number of halogens is 2. The van der Waals surface area contributed by atoms with E-state index in [2.05, 4.69) is 5.32 Å². The normalized spacial score (nSPS) is 20.0. The van der Waals surface area contributed by atoms with Crippen molar-refractivity contribution in [2.24, 2.45) is 0 Å². The number of nitrogens with zero attached hydrogens (tertiary/aromatic N) is 2. The van der Waals surface area contributed by atoms with Crippen LogP contribution in [0.4, 0.5) is 20.3 Å². The summed E-state index contributed by atoms with van der Waals surface area (Å²) in [5.74, 6) is -2.63. The first kappa shape index (κ1) is 22.6. The summed E-state index contributed by atoms with van der Waals surface area (Å²) in [5, 5.41) is 2.83. The van der Waals surface area contributed by atoms with Gasteiger partial charge in [-0.25, -0.2) is 22.8 Å². The number of aromatic nitrogens is 1. The summed E-state index contributed by atoms with van der Waals surface area (Å²) in [7, 11) is -2.92. The first-order valence-electron chi connectivity index (χ1n) is 10.9. The zero-order valence-corrected chi connectivity index (χ0v) is 18.9. The van der Waals surface area contributed by atoms with Crippen LogP contribution in [0.25, 0.3) is 0 Å². The Kier molecular flexibility index (Phi) is 6.20. The van der Waals surface area contributed by atoms with Crippen molar-refractivity contribution in [1.82, 2.24) is 4.98 Å². The Balaban J connectivity index is 1.68. The molecule has 2 heterocycles. The van der Waals surface area contributed by atoms with Crippen LogP contribution in [-0.4, -0.2) is 40.4 Å². The van der Waals surface area contributed by atoms with Gasteiger partial charge in [0.05, 0.1) is 15.3 Å². The first-order valence-corrected chi connectivity index (χ1v) is 12.9. The quantitative estimate of drug-likeness (QED) is 0.679. The minimum atomic E-state index is -2.92. The minimum absolute atomic E-state index is 0.144. The SMILES string of the molecule is CS(=N)(=O)c1cccc(NC(=O)c2cc3c(nc2N2CCCC(F)(F)CC2)CCCC3)c1. The molecule has 4 rings (SSSR count).